The fourth-order valence-electron chi connectivity index (χ4n) is 2.52. The highest BCUT2D eigenvalue weighted by molar-refractivity contribution is 7.97. The molecule has 1 heterocycles. The lowest BCUT2D eigenvalue weighted by Gasteiger charge is -2.20. The lowest BCUT2D eigenvalue weighted by molar-refractivity contribution is 0.0503. The first-order chi connectivity index (χ1) is 12.5. The minimum Gasteiger partial charge on any atom is -0.432 e. The molecule has 8 heteroatoms. The molecule has 0 saturated heterocycles. The number of benzene rings is 1. The summed E-state index contributed by atoms with van der Waals surface area (Å²) < 4.78 is 22.0. The minimum absolute atomic E-state index is 0.0437. The van der Waals surface area contributed by atoms with Crippen LogP contribution in [0.5, 0.6) is 0 Å². The molecule has 0 aliphatic carbocycles. The third-order valence-electron chi connectivity index (χ3n) is 3.97. The van der Waals surface area contributed by atoms with Gasteiger partial charge < -0.3 is 14.8 Å². The zero-order valence-electron chi connectivity index (χ0n) is 16.4. The molecule has 1 aromatic heterocycles. The van der Waals surface area contributed by atoms with Gasteiger partial charge >= 0.3 is 6.03 Å². The first-order valence-corrected chi connectivity index (χ1v) is 9.56. The van der Waals surface area contributed by atoms with Crippen molar-refractivity contribution in [3.05, 3.63) is 41.0 Å². The molecule has 148 valence electrons. The van der Waals surface area contributed by atoms with Crippen molar-refractivity contribution < 1.29 is 18.7 Å². The van der Waals surface area contributed by atoms with Crippen molar-refractivity contribution in [1.82, 2.24) is 9.71 Å². The van der Waals surface area contributed by atoms with E-state index in [-0.39, 0.29) is 22.9 Å². The summed E-state index contributed by atoms with van der Waals surface area (Å²) in [6, 6.07) is 2.42. The van der Waals surface area contributed by atoms with E-state index in [0.717, 1.165) is 23.1 Å². The second kappa shape index (κ2) is 8.31. The molecular weight excluding hydrogens is 369 g/mol. The van der Waals surface area contributed by atoms with E-state index >= 15 is 0 Å². The number of carbonyl (C=O) groups is 1. The van der Waals surface area contributed by atoms with Crippen LogP contribution in [0.3, 0.4) is 0 Å². The molecule has 1 aromatic carbocycles. The lowest BCUT2D eigenvalue weighted by atomic mass is 9.92. The fraction of sp³-hybridized carbons (Fsp3) is 0.474. The normalized spacial score (nSPS) is 11.9. The van der Waals surface area contributed by atoms with Gasteiger partial charge in [-0.1, -0.05) is 27.7 Å². The summed E-state index contributed by atoms with van der Waals surface area (Å²) in [5.41, 5.74) is 0.934. The van der Waals surface area contributed by atoms with E-state index in [1.807, 2.05) is 27.7 Å². The third kappa shape index (κ3) is 5.46. The highest BCUT2D eigenvalue weighted by atomic mass is 32.2. The zero-order chi connectivity index (χ0) is 20.4. The van der Waals surface area contributed by atoms with Gasteiger partial charge in [-0.25, -0.2) is 14.2 Å². The first kappa shape index (κ1) is 21.2. The molecule has 2 aromatic rings. The van der Waals surface area contributed by atoms with Crippen molar-refractivity contribution in [3.63, 3.8) is 0 Å². The topological polar surface area (TPSA) is 87.4 Å². The van der Waals surface area contributed by atoms with Crippen molar-refractivity contribution in [3.8, 4) is 0 Å². The number of nitrogens with zero attached hydrogens (tertiary/aromatic N) is 1. The van der Waals surface area contributed by atoms with Crippen LogP contribution in [0.25, 0.3) is 0 Å². The number of urea groups is 1. The molecule has 0 atom stereocenters. The van der Waals surface area contributed by atoms with Crippen LogP contribution in [0.4, 0.5) is 14.9 Å². The summed E-state index contributed by atoms with van der Waals surface area (Å²) in [5, 5.41) is 12.9. The van der Waals surface area contributed by atoms with Crippen molar-refractivity contribution in [2.45, 2.75) is 64.2 Å². The quantitative estimate of drug-likeness (QED) is 0.591. The maximum Gasteiger partial charge on any atom is 0.329 e. The van der Waals surface area contributed by atoms with Crippen LogP contribution in [0.2, 0.25) is 0 Å². The summed E-state index contributed by atoms with van der Waals surface area (Å²) in [5.74, 6) is 0.0704. The summed E-state index contributed by atoms with van der Waals surface area (Å²) in [7, 11) is 0. The Kier molecular flexibility index (Phi) is 6.54. The van der Waals surface area contributed by atoms with Crippen LogP contribution in [-0.4, -0.2) is 16.1 Å². The monoisotopic (exact) mass is 395 g/mol. The standard InChI is InChI=1S/C19H26FN3O3S/c1-10(2)13-7-12(20)8-14(11(3)4)16(13)22-17(24)23-27-18-21-9-15(26-18)19(5,6)25/h7-11,25H,1-6H3,(H2,22,23,24). The van der Waals surface area contributed by atoms with Crippen LogP contribution < -0.4 is 10.0 Å². The number of rotatable bonds is 6. The van der Waals surface area contributed by atoms with Crippen LogP contribution in [0.15, 0.2) is 28.0 Å². The van der Waals surface area contributed by atoms with Crippen molar-refractivity contribution in [2.24, 2.45) is 0 Å². The van der Waals surface area contributed by atoms with Gasteiger partial charge in [0, 0.05) is 17.6 Å². The van der Waals surface area contributed by atoms with Gasteiger partial charge in [-0.2, -0.15) is 0 Å². The van der Waals surface area contributed by atoms with Gasteiger partial charge in [0.2, 0.25) is 0 Å². The molecule has 0 saturated carbocycles. The molecule has 0 fully saturated rings. The molecule has 0 bridgehead atoms. The molecule has 6 nitrogen and oxygen atoms in total. The van der Waals surface area contributed by atoms with Gasteiger partial charge in [0.05, 0.1) is 6.20 Å². The Labute approximate surface area is 163 Å². The van der Waals surface area contributed by atoms with E-state index in [1.165, 1.54) is 18.3 Å². The predicted octanol–water partition coefficient (Wildman–Crippen LogP) is 5.12. The number of oxazole rings is 1. The minimum atomic E-state index is -1.15. The number of halogens is 1. The number of hydrogen-bond donors (Lipinski definition) is 3. The second-order valence-electron chi connectivity index (χ2n) is 7.48. The molecule has 0 aliphatic heterocycles. The number of aromatic nitrogens is 1. The van der Waals surface area contributed by atoms with E-state index in [0.29, 0.717) is 11.4 Å². The van der Waals surface area contributed by atoms with Crippen molar-refractivity contribution in [1.29, 1.82) is 0 Å². The third-order valence-corrected chi connectivity index (χ3v) is 4.62. The average Bonchev–Trinajstić information content (AvgIpc) is 3.03. The molecule has 0 aliphatic rings. The number of hydrogen-bond acceptors (Lipinski definition) is 5. The Hall–Kier alpha value is -2.06. The number of nitrogens with one attached hydrogen (secondary N) is 2. The van der Waals surface area contributed by atoms with Gasteiger partial charge in [0.15, 0.2) is 5.76 Å². The highest BCUT2D eigenvalue weighted by Gasteiger charge is 2.22. The second-order valence-corrected chi connectivity index (χ2v) is 8.23. The smallest absolute Gasteiger partial charge is 0.329 e. The number of aliphatic hydroxyl groups is 1. The Morgan fingerprint density at radius 1 is 1.22 bits per heavy atom. The fourth-order valence-corrected chi connectivity index (χ4v) is 2.99. The number of anilines is 1. The van der Waals surface area contributed by atoms with E-state index < -0.39 is 11.6 Å². The predicted molar refractivity (Wildman–Crippen MR) is 104 cm³/mol. The molecule has 0 spiro atoms. The summed E-state index contributed by atoms with van der Waals surface area (Å²) >= 11 is 0.891. The van der Waals surface area contributed by atoms with Gasteiger partial charge in [0.25, 0.3) is 5.22 Å². The van der Waals surface area contributed by atoms with E-state index in [4.69, 9.17) is 4.42 Å². The summed E-state index contributed by atoms with van der Waals surface area (Å²) in [6.07, 6.45) is 1.41. The first-order valence-electron chi connectivity index (χ1n) is 8.75. The number of carbonyl (C=O) groups excluding carboxylic acids is 1. The van der Waals surface area contributed by atoms with E-state index in [9.17, 15) is 14.3 Å². The van der Waals surface area contributed by atoms with Gasteiger partial charge in [0.1, 0.15) is 11.4 Å². The summed E-state index contributed by atoms with van der Waals surface area (Å²) in [4.78, 5) is 16.4. The Balaban J connectivity index is 2.14. The van der Waals surface area contributed by atoms with Crippen LogP contribution in [-0.2, 0) is 5.60 Å². The molecule has 2 rings (SSSR count). The zero-order valence-corrected chi connectivity index (χ0v) is 17.2. The molecule has 0 radical (unpaired) electrons. The molecule has 0 unspecified atom stereocenters. The molecule has 3 N–H and O–H groups in total. The van der Waals surface area contributed by atoms with Crippen LogP contribution in [0.1, 0.15) is 70.3 Å². The SMILES string of the molecule is CC(C)c1cc(F)cc(C(C)C)c1NC(=O)NSc1ncc(C(C)(C)O)o1. The molecule has 27 heavy (non-hydrogen) atoms. The maximum absolute atomic E-state index is 14.0. The Bertz CT molecular complexity index is 784. The van der Waals surface area contributed by atoms with Gasteiger partial charge in [-0.15, -0.1) is 0 Å². The van der Waals surface area contributed by atoms with Gasteiger partial charge in [-0.3, -0.25) is 4.72 Å². The lowest BCUT2D eigenvalue weighted by Crippen LogP contribution is -2.24. The van der Waals surface area contributed by atoms with Crippen LogP contribution >= 0.6 is 11.9 Å². The van der Waals surface area contributed by atoms with Crippen molar-refractivity contribution in [2.75, 3.05) is 5.32 Å². The Morgan fingerprint density at radius 3 is 2.22 bits per heavy atom. The molecule has 2 amide bonds. The average molecular weight is 396 g/mol. The van der Waals surface area contributed by atoms with Crippen molar-refractivity contribution >= 4 is 23.7 Å². The molecular formula is C19H26FN3O3S. The largest absolute Gasteiger partial charge is 0.432 e. The Morgan fingerprint density at radius 2 is 1.78 bits per heavy atom. The highest BCUT2D eigenvalue weighted by Crippen LogP contribution is 2.33. The maximum atomic E-state index is 14.0. The van der Waals surface area contributed by atoms with Gasteiger partial charge in [-0.05, 0) is 48.9 Å². The van der Waals surface area contributed by atoms with E-state index in [2.05, 4.69) is 15.0 Å². The van der Waals surface area contributed by atoms with Crippen LogP contribution in [0, 0.1) is 5.82 Å². The number of amides is 2. The van der Waals surface area contributed by atoms with E-state index in [1.54, 1.807) is 13.8 Å². The summed E-state index contributed by atoms with van der Waals surface area (Å²) in [6.45, 7) is 10.9.